The molecule has 1 N–H and O–H groups in total. The van der Waals surface area contributed by atoms with Crippen LogP contribution in [0.5, 0.6) is 11.5 Å². The Hall–Kier alpha value is -1.75. The molecule has 0 fully saturated rings. The van der Waals surface area contributed by atoms with Crippen LogP contribution < -0.4 is 9.47 Å². The van der Waals surface area contributed by atoms with E-state index >= 15 is 0 Å². The standard InChI is InChI=1S/C14H19NO4/c1-10(15(2)6-5-14(16)17)7-11-3-4-12-13(8-11)19-9-18-12/h3-4,8,10H,5-7,9H2,1-2H3,(H,16,17). The summed E-state index contributed by atoms with van der Waals surface area (Å²) in [7, 11) is 1.95. The lowest BCUT2D eigenvalue weighted by molar-refractivity contribution is -0.137. The largest absolute Gasteiger partial charge is 0.481 e. The summed E-state index contributed by atoms with van der Waals surface area (Å²) in [5.41, 5.74) is 1.17. The first-order valence-electron chi connectivity index (χ1n) is 6.37. The molecular formula is C14H19NO4. The minimum absolute atomic E-state index is 0.169. The predicted molar refractivity (Wildman–Crippen MR) is 70.6 cm³/mol. The Kier molecular flexibility index (Phi) is 4.27. The number of nitrogens with zero attached hydrogens (tertiary/aromatic N) is 1. The van der Waals surface area contributed by atoms with Gasteiger partial charge in [0.25, 0.3) is 0 Å². The normalized spacial score (nSPS) is 14.7. The van der Waals surface area contributed by atoms with Crippen molar-refractivity contribution in [3.8, 4) is 11.5 Å². The van der Waals surface area contributed by atoms with Crippen molar-refractivity contribution in [1.29, 1.82) is 0 Å². The lowest BCUT2D eigenvalue weighted by atomic mass is 10.1. The zero-order valence-corrected chi connectivity index (χ0v) is 11.3. The van der Waals surface area contributed by atoms with Crippen LogP contribution >= 0.6 is 0 Å². The molecule has 0 saturated carbocycles. The van der Waals surface area contributed by atoms with Crippen molar-refractivity contribution in [2.45, 2.75) is 25.8 Å². The second kappa shape index (κ2) is 5.93. The van der Waals surface area contributed by atoms with E-state index in [1.807, 2.05) is 25.2 Å². The summed E-state index contributed by atoms with van der Waals surface area (Å²) >= 11 is 0. The maximum Gasteiger partial charge on any atom is 0.304 e. The predicted octanol–water partition coefficient (Wildman–Crippen LogP) is 1.75. The highest BCUT2D eigenvalue weighted by molar-refractivity contribution is 5.66. The smallest absolute Gasteiger partial charge is 0.304 e. The average molecular weight is 265 g/mol. The van der Waals surface area contributed by atoms with Crippen LogP contribution in [0, 0.1) is 0 Å². The van der Waals surface area contributed by atoms with Crippen LogP contribution in [0.1, 0.15) is 18.9 Å². The van der Waals surface area contributed by atoms with Crippen LogP contribution in [0.4, 0.5) is 0 Å². The summed E-state index contributed by atoms with van der Waals surface area (Å²) in [6.45, 7) is 2.93. The van der Waals surface area contributed by atoms with E-state index in [9.17, 15) is 4.79 Å². The Morgan fingerprint density at radius 3 is 2.89 bits per heavy atom. The second-order valence-electron chi connectivity index (χ2n) is 4.87. The fourth-order valence-electron chi connectivity index (χ4n) is 2.06. The van der Waals surface area contributed by atoms with Crippen molar-refractivity contribution < 1.29 is 19.4 Å². The van der Waals surface area contributed by atoms with Crippen LogP contribution in [0.25, 0.3) is 0 Å². The minimum atomic E-state index is -0.762. The van der Waals surface area contributed by atoms with E-state index in [2.05, 4.69) is 11.8 Å². The van der Waals surface area contributed by atoms with E-state index in [0.29, 0.717) is 6.54 Å². The van der Waals surface area contributed by atoms with Gasteiger partial charge in [-0.15, -0.1) is 0 Å². The molecule has 0 saturated heterocycles. The summed E-state index contributed by atoms with van der Waals surface area (Å²) < 4.78 is 10.6. The van der Waals surface area contributed by atoms with Gasteiger partial charge < -0.3 is 19.5 Å². The topological polar surface area (TPSA) is 59.0 Å². The summed E-state index contributed by atoms with van der Waals surface area (Å²) in [4.78, 5) is 12.6. The van der Waals surface area contributed by atoms with Crippen LogP contribution in [-0.4, -0.2) is 42.4 Å². The monoisotopic (exact) mass is 265 g/mol. The van der Waals surface area contributed by atoms with Gasteiger partial charge in [0.2, 0.25) is 6.79 Å². The van der Waals surface area contributed by atoms with Crippen molar-refractivity contribution in [2.75, 3.05) is 20.4 Å². The third-order valence-corrected chi connectivity index (χ3v) is 3.40. The first-order chi connectivity index (χ1) is 9.06. The number of fused-ring (bicyclic) bond motifs is 1. The zero-order valence-electron chi connectivity index (χ0n) is 11.3. The van der Waals surface area contributed by atoms with Gasteiger partial charge in [-0.1, -0.05) is 6.07 Å². The number of likely N-dealkylation sites (N-methyl/N-ethyl adjacent to an activating group) is 1. The van der Waals surface area contributed by atoms with Crippen molar-refractivity contribution in [1.82, 2.24) is 4.90 Å². The fraction of sp³-hybridized carbons (Fsp3) is 0.500. The van der Waals surface area contributed by atoms with Crippen LogP contribution in [-0.2, 0) is 11.2 Å². The molecule has 104 valence electrons. The van der Waals surface area contributed by atoms with Gasteiger partial charge in [0.05, 0.1) is 6.42 Å². The second-order valence-corrected chi connectivity index (χ2v) is 4.87. The number of carboxylic acids is 1. The zero-order chi connectivity index (χ0) is 13.8. The Labute approximate surface area is 112 Å². The Bertz CT molecular complexity index is 461. The van der Waals surface area contributed by atoms with Gasteiger partial charge in [0.1, 0.15) is 0 Å². The SMILES string of the molecule is CC(Cc1ccc2c(c1)OCO2)N(C)CCC(=O)O. The van der Waals surface area contributed by atoms with E-state index in [-0.39, 0.29) is 19.3 Å². The van der Waals surface area contributed by atoms with Crippen molar-refractivity contribution in [3.05, 3.63) is 23.8 Å². The Morgan fingerprint density at radius 2 is 2.16 bits per heavy atom. The van der Waals surface area contributed by atoms with Crippen molar-refractivity contribution in [3.63, 3.8) is 0 Å². The minimum Gasteiger partial charge on any atom is -0.481 e. The highest BCUT2D eigenvalue weighted by Crippen LogP contribution is 2.32. The number of hydrogen-bond donors (Lipinski definition) is 1. The summed E-state index contributed by atoms with van der Waals surface area (Å²) in [6, 6.07) is 6.21. The molecule has 1 aromatic carbocycles. The highest BCUT2D eigenvalue weighted by atomic mass is 16.7. The lowest BCUT2D eigenvalue weighted by Crippen LogP contribution is -2.32. The maximum absolute atomic E-state index is 10.6. The fourth-order valence-corrected chi connectivity index (χ4v) is 2.06. The molecule has 19 heavy (non-hydrogen) atoms. The number of hydrogen-bond acceptors (Lipinski definition) is 4. The van der Waals surface area contributed by atoms with Crippen LogP contribution in [0.15, 0.2) is 18.2 Å². The number of aliphatic carboxylic acids is 1. The molecule has 0 spiro atoms. The Balaban J connectivity index is 1.91. The molecule has 1 heterocycles. The van der Waals surface area contributed by atoms with Crippen molar-refractivity contribution in [2.24, 2.45) is 0 Å². The van der Waals surface area contributed by atoms with Gasteiger partial charge in [0, 0.05) is 12.6 Å². The van der Waals surface area contributed by atoms with Gasteiger partial charge in [-0.05, 0) is 38.1 Å². The molecule has 1 aliphatic rings. The van der Waals surface area contributed by atoms with E-state index in [4.69, 9.17) is 14.6 Å². The Morgan fingerprint density at radius 1 is 1.42 bits per heavy atom. The van der Waals surface area contributed by atoms with E-state index in [1.165, 1.54) is 5.56 Å². The molecule has 1 aliphatic heterocycles. The van der Waals surface area contributed by atoms with E-state index in [1.54, 1.807) is 0 Å². The number of ether oxygens (including phenoxy) is 2. The number of carbonyl (C=O) groups is 1. The first kappa shape index (κ1) is 13.7. The average Bonchev–Trinajstić information content (AvgIpc) is 2.83. The highest BCUT2D eigenvalue weighted by Gasteiger charge is 2.16. The maximum atomic E-state index is 10.6. The molecule has 1 aromatic rings. The molecule has 0 amide bonds. The summed E-state index contributed by atoms with van der Waals surface area (Å²) in [6.07, 6.45) is 1.02. The third-order valence-electron chi connectivity index (χ3n) is 3.40. The van der Waals surface area contributed by atoms with Gasteiger partial charge in [-0.2, -0.15) is 0 Å². The molecule has 5 heteroatoms. The molecule has 0 radical (unpaired) electrons. The van der Waals surface area contributed by atoms with Gasteiger partial charge in [-0.25, -0.2) is 0 Å². The van der Waals surface area contributed by atoms with Crippen LogP contribution in [0.2, 0.25) is 0 Å². The number of rotatable bonds is 6. The van der Waals surface area contributed by atoms with Gasteiger partial charge in [0.15, 0.2) is 11.5 Å². The summed E-state index contributed by atoms with van der Waals surface area (Å²) in [5, 5.41) is 8.68. The van der Waals surface area contributed by atoms with Gasteiger partial charge in [-0.3, -0.25) is 4.79 Å². The lowest BCUT2D eigenvalue weighted by Gasteiger charge is -2.24. The molecule has 2 rings (SSSR count). The number of benzene rings is 1. The first-order valence-corrected chi connectivity index (χ1v) is 6.37. The molecule has 1 atom stereocenters. The quantitative estimate of drug-likeness (QED) is 0.849. The van der Waals surface area contributed by atoms with Gasteiger partial charge >= 0.3 is 5.97 Å². The van der Waals surface area contributed by atoms with E-state index in [0.717, 1.165) is 17.9 Å². The molecule has 0 bridgehead atoms. The van der Waals surface area contributed by atoms with Crippen molar-refractivity contribution >= 4 is 5.97 Å². The van der Waals surface area contributed by atoms with Crippen LogP contribution in [0.3, 0.4) is 0 Å². The van der Waals surface area contributed by atoms with E-state index < -0.39 is 5.97 Å². The molecule has 5 nitrogen and oxygen atoms in total. The molecular weight excluding hydrogens is 246 g/mol. The molecule has 0 aliphatic carbocycles. The molecule has 0 aromatic heterocycles. The third kappa shape index (κ3) is 3.61. The molecule has 1 unspecified atom stereocenters. The summed E-state index contributed by atoms with van der Waals surface area (Å²) in [5.74, 6) is 0.815. The number of carboxylic acid groups (broad SMARTS) is 1.